The highest BCUT2D eigenvalue weighted by atomic mass is 19.1. The van der Waals surface area contributed by atoms with E-state index in [0.717, 1.165) is 13.1 Å². The summed E-state index contributed by atoms with van der Waals surface area (Å²) in [5.41, 5.74) is -0.0946. The van der Waals surface area contributed by atoms with Gasteiger partial charge >= 0.3 is 5.97 Å². The maximum Gasteiger partial charge on any atom is 0.338 e. The first-order valence-corrected chi connectivity index (χ1v) is 13.1. The number of fused-ring (bicyclic) bond motifs is 1. The molecular formula is C30H32FN3O5. The third-order valence-electron chi connectivity index (χ3n) is 7.23. The van der Waals surface area contributed by atoms with Crippen molar-refractivity contribution < 1.29 is 28.2 Å². The van der Waals surface area contributed by atoms with Crippen molar-refractivity contribution in [2.45, 2.75) is 18.8 Å². The zero-order chi connectivity index (χ0) is 27.2. The molecule has 2 unspecified atom stereocenters. The predicted molar refractivity (Wildman–Crippen MR) is 143 cm³/mol. The fraction of sp³-hybridized carbons (Fsp3) is 0.333. The molecule has 0 aliphatic carbocycles. The van der Waals surface area contributed by atoms with Gasteiger partial charge in [-0.3, -0.25) is 14.6 Å². The minimum atomic E-state index is -0.998. The average molecular weight is 534 g/mol. The van der Waals surface area contributed by atoms with Gasteiger partial charge in [-0.2, -0.15) is 0 Å². The lowest BCUT2D eigenvalue weighted by Gasteiger charge is -2.50. The first-order chi connectivity index (χ1) is 18.9. The van der Waals surface area contributed by atoms with Crippen molar-refractivity contribution in [1.29, 1.82) is 0 Å². The molecule has 8 nitrogen and oxygen atoms in total. The molecule has 1 amide bonds. The molecule has 5 rings (SSSR count). The highest BCUT2D eigenvalue weighted by molar-refractivity contribution is 5.94. The second-order valence-electron chi connectivity index (χ2n) is 9.69. The van der Waals surface area contributed by atoms with Crippen LogP contribution < -0.4 is 14.8 Å². The molecule has 2 aliphatic heterocycles. The van der Waals surface area contributed by atoms with E-state index in [1.54, 1.807) is 24.3 Å². The highest BCUT2D eigenvalue weighted by Crippen LogP contribution is 2.39. The number of rotatable bonds is 8. The van der Waals surface area contributed by atoms with Gasteiger partial charge in [0, 0.05) is 44.8 Å². The molecular weight excluding hydrogens is 501 g/mol. The number of para-hydroxylation sites is 2. The Morgan fingerprint density at radius 2 is 1.59 bits per heavy atom. The Kier molecular flexibility index (Phi) is 8.09. The van der Waals surface area contributed by atoms with E-state index in [9.17, 15) is 14.0 Å². The van der Waals surface area contributed by atoms with Crippen LogP contribution in [-0.2, 0) is 4.74 Å². The fourth-order valence-electron chi connectivity index (χ4n) is 4.94. The Bertz CT molecular complexity index is 1280. The van der Waals surface area contributed by atoms with E-state index >= 15 is 0 Å². The van der Waals surface area contributed by atoms with Gasteiger partial charge in [-0.1, -0.05) is 30.3 Å². The smallest absolute Gasteiger partial charge is 0.338 e. The van der Waals surface area contributed by atoms with Crippen LogP contribution in [0.2, 0.25) is 0 Å². The number of nitrogens with one attached hydrogen (secondary N) is 1. The lowest BCUT2D eigenvalue weighted by molar-refractivity contribution is -0.193. The van der Waals surface area contributed by atoms with E-state index < -0.39 is 17.8 Å². The van der Waals surface area contributed by atoms with Crippen molar-refractivity contribution in [2.24, 2.45) is 0 Å². The number of esters is 1. The van der Waals surface area contributed by atoms with Gasteiger partial charge < -0.3 is 19.5 Å². The minimum absolute atomic E-state index is 0.209. The molecule has 2 atom stereocenters. The number of carbonyl (C=O) groups is 2. The van der Waals surface area contributed by atoms with Gasteiger partial charge in [-0.15, -0.1) is 0 Å². The third kappa shape index (κ3) is 6.05. The van der Waals surface area contributed by atoms with Crippen LogP contribution in [0.1, 0.15) is 27.6 Å². The van der Waals surface area contributed by atoms with E-state index in [1.165, 1.54) is 24.3 Å². The molecule has 2 aliphatic rings. The summed E-state index contributed by atoms with van der Waals surface area (Å²) < 4.78 is 31.8. The molecule has 3 aromatic rings. The molecule has 2 heterocycles. The highest BCUT2D eigenvalue weighted by Gasteiger charge is 2.51. The average Bonchev–Trinajstić information content (AvgIpc) is 2.98. The lowest BCUT2D eigenvalue weighted by atomic mass is 10.0. The predicted octanol–water partition coefficient (Wildman–Crippen LogP) is 3.59. The van der Waals surface area contributed by atoms with Crippen LogP contribution in [0, 0.1) is 5.82 Å². The zero-order valence-electron chi connectivity index (χ0n) is 21.8. The van der Waals surface area contributed by atoms with Crippen molar-refractivity contribution >= 4 is 11.9 Å². The van der Waals surface area contributed by atoms with Crippen molar-refractivity contribution in [3.63, 3.8) is 0 Å². The van der Waals surface area contributed by atoms with Crippen LogP contribution in [0.3, 0.4) is 0 Å². The molecule has 3 aromatic carbocycles. The number of piperazine rings is 1. The molecule has 0 saturated carbocycles. The number of nitrogens with zero attached hydrogens (tertiary/aromatic N) is 2. The molecule has 39 heavy (non-hydrogen) atoms. The van der Waals surface area contributed by atoms with E-state index in [2.05, 4.69) is 15.1 Å². The van der Waals surface area contributed by atoms with Gasteiger partial charge in [0.15, 0.2) is 17.6 Å². The second-order valence-corrected chi connectivity index (χ2v) is 9.69. The molecule has 9 heteroatoms. The van der Waals surface area contributed by atoms with E-state index in [4.69, 9.17) is 14.2 Å². The SMILES string of the molecule is CC(OC(=O)c1ccccc1)C1(N2CCN(CCNC(=O)c3ccc(F)cc3)CC2)COc2ccccc2O1. The maximum absolute atomic E-state index is 13.1. The number of hydrogen-bond donors (Lipinski definition) is 1. The van der Waals surface area contributed by atoms with Gasteiger partial charge in [0.1, 0.15) is 12.4 Å². The fourth-order valence-corrected chi connectivity index (χ4v) is 4.94. The summed E-state index contributed by atoms with van der Waals surface area (Å²) in [5.74, 6) is 0.248. The molecule has 0 spiro atoms. The minimum Gasteiger partial charge on any atom is -0.484 e. The number of hydrogen-bond acceptors (Lipinski definition) is 7. The van der Waals surface area contributed by atoms with E-state index in [1.807, 2.05) is 37.3 Å². The van der Waals surface area contributed by atoms with Crippen molar-refractivity contribution in [1.82, 2.24) is 15.1 Å². The zero-order valence-corrected chi connectivity index (χ0v) is 21.8. The summed E-state index contributed by atoms with van der Waals surface area (Å²) in [4.78, 5) is 29.7. The largest absolute Gasteiger partial charge is 0.484 e. The summed E-state index contributed by atoms with van der Waals surface area (Å²) in [6, 6.07) is 21.9. The van der Waals surface area contributed by atoms with Crippen LogP contribution in [0.4, 0.5) is 4.39 Å². The normalized spacial score (nSPS) is 20.2. The van der Waals surface area contributed by atoms with Crippen LogP contribution in [-0.4, -0.2) is 79.4 Å². The first kappa shape index (κ1) is 26.6. The van der Waals surface area contributed by atoms with Crippen LogP contribution in [0.5, 0.6) is 11.5 Å². The number of carbonyl (C=O) groups excluding carboxylic acids is 2. The molecule has 1 N–H and O–H groups in total. The van der Waals surface area contributed by atoms with Crippen molar-refractivity contribution in [3.8, 4) is 11.5 Å². The Morgan fingerprint density at radius 1 is 0.923 bits per heavy atom. The first-order valence-electron chi connectivity index (χ1n) is 13.1. The second kappa shape index (κ2) is 11.8. The Labute approximate surface area is 227 Å². The summed E-state index contributed by atoms with van der Waals surface area (Å²) in [6.07, 6.45) is -0.625. The summed E-state index contributed by atoms with van der Waals surface area (Å²) >= 11 is 0. The molecule has 1 saturated heterocycles. The Hall–Kier alpha value is -3.95. The lowest BCUT2D eigenvalue weighted by Crippen LogP contribution is -2.69. The van der Waals surface area contributed by atoms with Crippen LogP contribution >= 0.6 is 0 Å². The van der Waals surface area contributed by atoms with Gasteiger partial charge in [-0.25, -0.2) is 9.18 Å². The number of amides is 1. The Morgan fingerprint density at radius 3 is 2.31 bits per heavy atom. The van der Waals surface area contributed by atoms with Crippen molar-refractivity contribution in [3.05, 3.63) is 95.8 Å². The molecule has 0 radical (unpaired) electrons. The summed E-state index contributed by atoms with van der Waals surface area (Å²) in [6.45, 7) is 5.98. The van der Waals surface area contributed by atoms with Gasteiger partial charge in [0.2, 0.25) is 5.72 Å². The van der Waals surface area contributed by atoms with Gasteiger partial charge in [0.25, 0.3) is 5.91 Å². The van der Waals surface area contributed by atoms with Crippen LogP contribution in [0.25, 0.3) is 0 Å². The van der Waals surface area contributed by atoms with Gasteiger partial charge in [0.05, 0.1) is 5.56 Å². The molecule has 0 bridgehead atoms. The maximum atomic E-state index is 13.1. The standard InChI is InChI=1S/C30H32FN3O5/c1-22(38-29(36)24-7-3-2-4-8-24)30(21-37-26-9-5-6-10-27(26)39-30)34-19-17-33(18-20-34)16-15-32-28(35)23-11-13-25(31)14-12-23/h2-14,22H,15-21H2,1H3,(H,32,35). The topological polar surface area (TPSA) is 80.3 Å². The number of halogens is 1. The van der Waals surface area contributed by atoms with E-state index in [0.29, 0.717) is 48.8 Å². The van der Waals surface area contributed by atoms with Crippen molar-refractivity contribution in [2.75, 3.05) is 45.9 Å². The molecule has 204 valence electrons. The summed E-state index contributed by atoms with van der Waals surface area (Å²) in [5, 5.41) is 2.90. The van der Waals surface area contributed by atoms with Gasteiger partial charge in [-0.05, 0) is 55.5 Å². The molecule has 0 aromatic heterocycles. The third-order valence-corrected chi connectivity index (χ3v) is 7.23. The van der Waals surface area contributed by atoms with Crippen LogP contribution in [0.15, 0.2) is 78.9 Å². The number of benzene rings is 3. The quantitative estimate of drug-likeness (QED) is 0.444. The molecule has 1 fully saturated rings. The van der Waals surface area contributed by atoms with E-state index in [-0.39, 0.29) is 18.3 Å². The Balaban J connectivity index is 1.22. The monoisotopic (exact) mass is 533 g/mol. The summed E-state index contributed by atoms with van der Waals surface area (Å²) in [7, 11) is 0. The number of ether oxygens (including phenoxy) is 3.